The van der Waals surface area contributed by atoms with Crippen LogP contribution >= 0.6 is 27.3 Å². The summed E-state index contributed by atoms with van der Waals surface area (Å²) in [6.07, 6.45) is 4.44. The van der Waals surface area contributed by atoms with Crippen LogP contribution in [0, 0.1) is 6.92 Å². The highest BCUT2D eigenvalue weighted by Crippen LogP contribution is 2.33. The van der Waals surface area contributed by atoms with E-state index in [1.165, 1.54) is 24.0 Å². The van der Waals surface area contributed by atoms with Crippen molar-refractivity contribution in [3.05, 3.63) is 50.4 Å². The Morgan fingerprint density at radius 1 is 1.44 bits per heavy atom. The largest absolute Gasteiger partial charge is 0.301 e. The normalized spacial score (nSPS) is 16.8. The fourth-order valence-corrected chi connectivity index (χ4v) is 3.46. The Bertz CT molecular complexity index is 535. The number of halogens is 1. The molecule has 0 radical (unpaired) electrons. The number of benzene rings is 1. The third kappa shape index (κ3) is 2.66. The van der Waals surface area contributed by atoms with E-state index >= 15 is 0 Å². The minimum absolute atomic E-state index is 0.215. The minimum atomic E-state index is 0.215. The number of aryl methyl sites for hydroxylation is 1. The van der Waals surface area contributed by atoms with Crippen molar-refractivity contribution in [3.8, 4) is 0 Å². The monoisotopic (exact) mass is 322 g/mol. The molecule has 0 spiro atoms. The van der Waals surface area contributed by atoms with Crippen molar-refractivity contribution in [2.75, 3.05) is 0 Å². The van der Waals surface area contributed by atoms with Crippen molar-refractivity contribution in [2.45, 2.75) is 31.8 Å². The van der Waals surface area contributed by atoms with Crippen LogP contribution in [0.1, 0.15) is 35.0 Å². The van der Waals surface area contributed by atoms with Gasteiger partial charge >= 0.3 is 0 Å². The lowest BCUT2D eigenvalue weighted by Crippen LogP contribution is -2.24. The molecule has 1 aromatic heterocycles. The van der Waals surface area contributed by atoms with Crippen LogP contribution in [0.15, 0.2) is 34.2 Å². The molecule has 1 aliphatic carbocycles. The summed E-state index contributed by atoms with van der Waals surface area (Å²) in [5.41, 5.74) is 2.55. The zero-order chi connectivity index (χ0) is 12.5. The summed E-state index contributed by atoms with van der Waals surface area (Å²) in [7, 11) is 0. The maximum atomic E-state index is 4.47. The zero-order valence-electron chi connectivity index (χ0n) is 10.2. The zero-order valence-corrected chi connectivity index (χ0v) is 12.6. The van der Waals surface area contributed by atoms with Crippen LogP contribution in [-0.4, -0.2) is 11.0 Å². The van der Waals surface area contributed by atoms with Gasteiger partial charge in [0.25, 0.3) is 0 Å². The van der Waals surface area contributed by atoms with E-state index in [2.05, 4.69) is 51.4 Å². The summed E-state index contributed by atoms with van der Waals surface area (Å²) in [5.74, 6) is 0. The Balaban J connectivity index is 1.96. The summed E-state index contributed by atoms with van der Waals surface area (Å²) in [6, 6.07) is 7.40. The first kappa shape index (κ1) is 12.3. The molecule has 3 rings (SSSR count). The molecule has 1 N–H and O–H groups in total. The van der Waals surface area contributed by atoms with Gasteiger partial charge in [0, 0.05) is 22.1 Å². The summed E-state index contributed by atoms with van der Waals surface area (Å²) < 4.78 is 1.16. The van der Waals surface area contributed by atoms with Crippen molar-refractivity contribution < 1.29 is 0 Å². The number of rotatable bonds is 4. The Labute approximate surface area is 120 Å². The van der Waals surface area contributed by atoms with Crippen molar-refractivity contribution >= 4 is 27.3 Å². The lowest BCUT2D eigenvalue weighted by atomic mass is 10.1. The van der Waals surface area contributed by atoms with Gasteiger partial charge in [-0.1, -0.05) is 28.1 Å². The van der Waals surface area contributed by atoms with E-state index < -0.39 is 0 Å². The van der Waals surface area contributed by atoms with Crippen molar-refractivity contribution in [3.63, 3.8) is 0 Å². The quantitative estimate of drug-likeness (QED) is 0.918. The number of aromatic nitrogens is 1. The van der Waals surface area contributed by atoms with Gasteiger partial charge in [-0.25, -0.2) is 4.98 Å². The van der Waals surface area contributed by atoms with E-state index in [4.69, 9.17) is 0 Å². The van der Waals surface area contributed by atoms with E-state index in [0.29, 0.717) is 6.04 Å². The first-order valence-corrected chi connectivity index (χ1v) is 7.83. The second-order valence-electron chi connectivity index (χ2n) is 4.77. The van der Waals surface area contributed by atoms with Crippen LogP contribution in [0.2, 0.25) is 0 Å². The lowest BCUT2D eigenvalue weighted by Gasteiger charge is -2.18. The van der Waals surface area contributed by atoms with Crippen LogP contribution in [0.3, 0.4) is 0 Å². The molecule has 1 heterocycles. The Morgan fingerprint density at radius 3 is 2.89 bits per heavy atom. The standard InChI is InChI=1S/C14H15BrN2S/c1-9-2-5-11(12(15)8-9)13(17-10-3-4-10)14-16-6-7-18-14/h2,5-8,10,13,17H,3-4H2,1H3. The third-order valence-electron chi connectivity index (χ3n) is 3.15. The minimum Gasteiger partial charge on any atom is -0.301 e. The molecular weight excluding hydrogens is 308 g/mol. The van der Waals surface area contributed by atoms with Gasteiger partial charge in [-0.3, -0.25) is 0 Å². The fourth-order valence-electron chi connectivity index (χ4n) is 2.02. The van der Waals surface area contributed by atoms with Gasteiger partial charge in [0.05, 0.1) is 6.04 Å². The second-order valence-corrected chi connectivity index (χ2v) is 6.55. The maximum absolute atomic E-state index is 4.47. The van der Waals surface area contributed by atoms with E-state index in [1.807, 2.05) is 11.6 Å². The lowest BCUT2D eigenvalue weighted by molar-refractivity contribution is 0.596. The van der Waals surface area contributed by atoms with E-state index in [1.54, 1.807) is 11.3 Å². The molecule has 1 unspecified atom stereocenters. The van der Waals surface area contributed by atoms with Gasteiger partial charge in [0.2, 0.25) is 0 Å². The highest BCUT2D eigenvalue weighted by Gasteiger charge is 2.28. The SMILES string of the molecule is Cc1ccc(C(NC2CC2)c2nccs2)c(Br)c1. The number of hydrogen-bond donors (Lipinski definition) is 1. The van der Waals surface area contributed by atoms with E-state index in [9.17, 15) is 0 Å². The van der Waals surface area contributed by atoms with Gasteiger partial charge in [0.1, 0.15) is 5.01 Å². The Morgan fingerprint density at radius 2 is 2.28 bits per heavy atom. The second kappa shape index (κ2) is 5.11. The molecule has 0 saturated heterocycles. The van der Waals surface area contributed by atoms with E-state index in [-0.39, 0.29) is 6.04 Å². The van der Waals surface area contributed by atoms with Gasteiger partial charge in [0.15, 0.2) is 0 Å². The fraction of sp³-hybridized carbons (Fsp3) is 0.357. The maximum Gasteiger partial charge on any atom is 0.114 e. The van der Waals surface area contributed by atoms with Gasteiger partial charge < -0.3 is 5.32 Å². The molecule has 0 aliphatic heterocycles. The molecule has 2 aromatic rings. The van der Waals surface area contributed by atoms with E-state index in [0.717, 1.165) is 9.48 Å². The predicted octanol–water partition coefficient (Wildman–Crippen LogP) is 4.06. The van der Waals surface area contributed by atoms with Gasteiger partial charge in [-0.05, 0) is 37.0 Å². The van der Waals surface area contributed by atoms with Crippen LogP contribution in [0.25, 0.3) is 0 Å². The molecule has 1 fully saturated rings. The summed E-state index contributed by atoms with van der Waals surface area (Å²) >= 11 is 5.39. The van der Waals surface area contributed by atoms with Crippen LogP contribution in [-0.2, 0) is 0 Å². The number of hydrogen-bond acceptors (Lipinski definition) is 3. The molecular formula is C14H15BrN2S. The number of nitrogens with one attached hydrogen (secondary N) is 1. The molecule has 1 aromatic carbocycles. The number of nitrogens with zero attached hydrogens (tertiary/aromatic N) is 1. The smallest absolute Gasteiger partial charge is 0.114 e. The first-order valence-electron chi connectivity index (χ1n) is 6.15. The first-order chi connectivity index (χ1) is 8.74. The average molecular weight is 323 g/mol. The predicted molar refractivity (Wildman–Crippen MR) is 79.0 cm³/mol. The molecule has 1 aliphatic rings. The molecule has 0 amide bonds. The highest BCUT2D eigenvalue weighted by atomic mass is 79.9. The highest BCUT2D eigenvalue weighted by molar-refractivity contribution is 9.10. The molecule has 1 saturated carbocycles. The van der Waals surface area contributed by atoms with Crippen molar-refractivity contribution in [1.82, 2.24) is 10.3 Å². The summed E-state index contributed by atoms with van der Waals surface area (Å²) in [4.78, 5) is 4.47. The molecule has 18 heavy (non-hydrogen) atoms. The molecule has 1 atom stereocenters. The molecule has 0 bridgehead atoms. The Kier molecular flexibility index (Phi) is 3.50. The van der Waals surface area contributed by atoms with Crippen molar-refractivity contribution in [2.24, 2.45) is 0 Å². The van der Waals surface area contributed by atoms with Crippen molar-refractivity contribution in [1.29, 1.82) is 0 Å². The van der Waals surface area contributed by atoms with Crippen LogP contribution in [0.5, 0.6) is 0 Å². The topological polar surface area (TPSA) is 24.9 Å². The molecule has 94 valence electrons. The molecule has 4 heteroatoms. The summed E-state index contributed by atoms with van der Waals surface area (Å²) in [5, 5.41) is 6.87. The van der Waals surface area contributed by atoms with Gasteiger partial charge in [-0.2, -0.15) is 0 Å². The third-order valence-corrected chi connectivity index (χ3v) is 4.67. The van der Waals surface area contributed by atoms with Crippen LogP contribution < -0.4 is 5.32 Å². The number of thiazole rings is 1. The van der Waals surface area contributed by atoms with Crippen LogP contribution in [0.4, 0.5) is 0 Å². The Hall–Kier alpha value is -0.710. The van der Waals surface area contributed by atoms with Gasteiger partial charge in [-0.15, -0.1) is 11.3 Å². The average Bonchev–Trinajstić information content (AvgIpc) is 3.00. The molecule has 2 nitrogen and oxygen atoms in total. The summed E-state index contributed by atoms with van der Waals surface area (Å²) in [6.45, 7) is 2.11.